The Bertz CT molecular complexity index is 1260. The molecule has 0 aromatic rings. The van der Waals surface area contributed by atoms with Gasteiger partial charge in [0.2, 0.25) is 0 Å². The van der Waals surface area contributed by atoms with Crippen LogP contribution in [0.2, 0.25) is 0 Å². The summed E-state index contributed by atoms with van der Waals surface area (Å²) in [4.78, 5) is 38.0. The molecule has 0 aromatic carbocycles. The molecule has 0 N–H and O–H groups in total. The van der Waals surface area contributed by atoms with E-state index in [4.69, 9.17) is 14.2 Å². The molecule has 0 unspecified atom stereocenters. The van der Waals surface area contributed by atoms with E-state index in [-0.39, 0.29) is 37.5 Å². The average molecular weight is 936 g/mol. The molecule has 0 aliphatic carbocycles. The van der Waals surface area contributed by atoms with Crippen LogP contribution in [-0.2, 0) is 28.6 Å². The van der Waals surface area contributed by atoms with Crippen molar-refractivity contribution in [2.24, 2.45) is 0 Å². The van der Waals surface area contributed by atoms with Gasteiger partial charge < -0.3 is 14.2 Å². The lowest BCUT2D eigenvalue weighted by Crippen LogP contribution is -2.30. The van der Waals surface area contributed by atoms with Crippen molar-refractivity contribution in [2.45, 2.75) is 284 Å². The number of ether oxygens (including phenoxy) is 3. The molecule has 0 aromatic heterocycles. The summed E-state index contributed by atoms with van der Waals surface area (Å²) in [5, 5.41) is 0. The first-order chi connectivity index (χ1) is 33.0. The average Bonchev–Trinajstić information content (AvgIpc) is 3.33. The van der Waals surface area contributed by atoms with E-state index in [1.54, 1.807) is 0 Å². The Kier molecular flexibility index (Phi) is 52.8. The van der Waals surface area contributed by atoms with Gasteiger partial charge in [-0.1, -0.05) is 248 Å². The molecule has 0 aliphatic rings. The molecule has 0 saturated heterocycles. The SMILES string of the molecule is CCCCC/C=C\C/C=C\C/C=C\C/C=C\C/C=C\CCC(=O)OC[C@H](COC(=O)CCCCCCCCCCC/C=C\CCCCCCCC)OC(=O)CCCCCCCCCCCCC. The lowest BCUT2D eigenvalue weighted by Gasteiger charge is -2.18. The second-order valence-electron chi connectivity index (χ2n) is 18.8. The van der Waals surface area contributed by atoms with Crippen LogP contribution in [-0.4, -0.2) is 37.2 Å². The van der Waals surface area contributed by atoms with Crippen molar-refractivity contribution in [3.05, 3.63) is 72.9 Å². The largest absolute Gasteiger partial charge is 0.462 e. The fraction of sp³-hybridized carbons (Fsp3) is 0.754. The van der Waals surface area contributed by atoms with E-state index in [9.17, 15) is 14.4 Å². The van der Waals surface area contributed by atoms with Gasteiger partial charge in [0.15, 0.2) is 6.10 Å². The summed E-state index contributed by atoms with van der Waals surface area (Å²) in [7, 11) is 0. The molecule has 0 amide bonds. The zero-order chi connectivity index (χ0) is 48.6. The van der Waals surface area contributed by atoms with Crippen LogP contribution < -0.4 is 0 Å². The highest BCUT2D eigenvalue weighted by Crippen LogP contribution is 2.15. The fourth-order valence-corrected chi connectivity index (χ4v) is 7.89. The van der Waals surface area contributed by atoms with Crippen molar-refractivity contribution >= 4 is 17.9 Å². The van der Waals surface area contributed by atoms with E-state index in [0.717, 1.165) is 64.2 Å². The molecule has 0 heterocycles. The van der Waals surface area contributed by atoms with Gasteiger partial charge >= 0.3 is 17.9 Å². The Morgan fingerprint density at radius 3 is 0.970 bits per heavy atom. The Morgan fingerprint density at radius 1 is 0.299 bits per heavy atom. The third kappa shape index (κ3) is 53.7. The highest BCUT2D eigenvalue weighted by molar-refractivity contribution is 5.71. The van der Waals surface area contributed by atoms with Crippen molar-refractivity contribution < 1.29 is 28.6 Å². The first-order valence-electron chi connectivity index (χ1n) is 28.4. The van der Waals surface area contributed by atoms with Gasteiger partial charge in [-0.25, -0.2) is 0 Å². The van der Waals surface area contributed by atoms with E-state index < -0.39 is 6.10 Å². The van der Waals surface area contributed by atoms with Crippen molar-refractivity contribution in [1.29, 1.82) is 0 Å². The fourth-order valence-electron chi connectivity index (χ4n) is 7.89. The Hall–Kier alpha value is -3.15. The molecule has 0 spiro atoms. The van der Waals surface area contributed by atoms with Gasteiger partial charge in [0.1, 0.15) is 13.2 Å². The normalized spacial score (nSPS) is 12.6. The first-order valence-corrected chi connectivity index (χ1v) is 28.4. The highest BCUT2D eigenvalue weighted by Gasteiger charge is 2.19. The van der Waals surface area contributed by atoms with Gasteiger partial charge in [0.05, 0.1) is 0 Å². The van der Waals surface area contributed by atoms with Gasteiger partial charge in [0, 0.05) is 19.3 Å². The molecule has 6 heteroatoms. The molecule has 0 radical (unpaired) electrons. The number of hydrogen-bond donors (Lipinski definition) is 0. The van der Waals surface area contributed by atoms with Crippen molar-refractivity contribution in [2.75, 3.05) is 13.2 Å². The molecule has 386 valence electrons. The van der Waals surface area contributed by atoms with Crippen LogP contribution in [0.1, 0.15) is 278 Å². The van der Waals surface area contributed by atoms with E-state index in [1.807, 2.05) is 6.08 Å². The van der Waals surface area contributed by atoms with Gasteiger partial charge in [0.25, 0.3) is 0 Å². The number of carbonyl (C=O) groups excluding carboxylic acids is 3. The lowest BCUT2D eigenvalue weighted by molar-refractivity contribution is -0.166. The number of allylic oxidation sites excluding steroid dienone is 12. The lowest BCUT2D eigenvalue weighted by atomic mass is 10.1. The topological polar surface area (TPSA) is 78.9 Å². The minimum Gasteiger partial charge on any atom is -0.462 e. The third-order valence-corrected chi connectivity index (χ3v) is 12.2. The third-order valence-electron chi connectivity index (χ3n) is 12.2. The Morgan fingerprint density at radius 2 is 0.567 bits per heavy atom. The summed E-state index contributed by atoms with van der Waals surface area (Å²) < 4.78 is 16.8. The van der Waals surface area contributed by atoms with Crippen LogP contribution in [0.5, 0.6) is 0 Å². The van der Waals surface area contributed by atoms with Crippen molar-refractivity contribution in [1.82, 2.24) is 0 Å². The molecule has 67 heavy (non-hydrogen) atoms. The molecular weight excluding hydrogens is 829 g/mol. The number of carbonyl (C=O) groups is 3. The number of esters is 3. The Labute approximate surface area is 414 Å². The molecule has 0 aliphatic heterocycles. The molecule has 0 rings (SSSR count). The van der Waals surface area contributed by atoms with Gasteiger partial charge in [-0.15, -0.1) is 0 Å². The first kappa shape index (κ1) is 63.8. The van der Waals surface area contributed by atoms with Crippen LogP contribution in [0.15, 0.2) is 72.9 Å². The molecule has 0 fully saturated rings. The number of unbranched alkanes of at least 4 members (excludes halogenated alkanes) is 28. The molecule has 6 nitrogen and oxygen atoms in total. The smallest absolute Gasteiger partial charge is 0.306 e. The second kappa shape index (κ2) is 55.4. The summed E-state index contributed by atoms with van der Waals surface area (Å²) in [6, 6.07) is 0. The van der Waals surface area contributed by atoms with Crippen LogP contribution in [0, 0.1) is 0 Å². The van der Waals surface area contributed by atoms with Crippen molar-refractivity contribution in [3.63, 3.8) is 0 Å². The molecular formula is C61H106O6. The Balaban J connectivity index is 4.41. The van der Waals surface area contributed by atoms with Crippen LogP contribution in [0.25, 0.3) is 0 Å². The van der Waals surface area contributed by atoms with E-state index in [1.165, 1.54) is 167 Å². The van der Waals surface area contributed by atoms with Crippen LogP contribution in [0.4, 0.5) is 0 Å². The van der Waals surface area contributed by atoms with Crippen molar-refractivity contribution in [3.8, 4) is 0 Å². The summed E-state index contributed by atoms with van der Waals surface area (Å²) in [5.74, 6) is -0.979. The van der Waals surface area contributed by atoms with Crippen LogP contribution in [0.3, 0.4) is 0 Å². The van der Waals surface area contributed by atoms with Gasteiger partial charge in [-0.2, -0.15) is 0 Å². The van der Waals surface area contributed by atoms with E-state index in [2.05, 4.69) is 87.6 Å². The number of hydrogen-bond acceptors (Lipinski definition) is 6. The minimum atomic E-state index is -0.803. The maximum Gasteiger partial charge on any atom is 0.306 e. The predicted octanol–water partition coefficient (Wildman–Crippen LogP) is 19.0. The van der Waals surface area contributed by atoms with Gasteiger partial charge in [-0.3, -0.25) is 14.4 Å². The van der Waals surface area contributed by atoms with E-state index in [0.29, 0.717) is 19.3 Å². The summed E-state index contributed by atoms with van der Waals surface area (Å²) in [6.45, 7) is 6.55. The highest BCUT2D eigenvalue weighted by atomic mass is 16.6. The quantitative estimate of drug-likeness (QED) is 0.0262. The predicted molar refractivity (Wildman–Crippen MR) is 288 cm³/mol. The standard InChI is InChI=1S/C61H106O6/c1-4-7-10-13-16-19-22-24-26-28-30-32-34-36-39-41-44-47-50-53-59(62)65-56-58(67-61(64)55-52-49-46-43-38-21-18-15-12-9-6-3)57-66-60(63)54-51-48-45-42-40-37-35-33-31-29-27-25-23-20-17-14-11-8-5-2/h16,19,24-27,30,32,36,39,44,47,58H,4-15,17-18,20-23,28-29,31,33-35,37-38,40-43,45-46,48-57H2,1-3H3/b19-16-,26-24-,27-25-,32-30-,39-36-,47-44-/t58-/m1/s1. The number of rotatable bonds is 51. The maximum absolute atomic E-state index is 12.8. The van der Waals surface area contributed by atoms with Gasteiger partial charge in [-0.05, 0) is 83.5 Å². The second-order valence-corrected chi connectivity index (χ2v) is 18.8. The molecule has 1 atom stereocenters. The summed E-state index contributed by atoms with van der Waals surface area (Å²) in [5.41, 5.74) is 0. The zero-order valence-electron chi connectivity index (χ0n) is 44.2. The van der Waals surface area contributed by atoms with E-state index >= 15 is 0 Å². The zero-order valence-corrected chi connectivity index (χ0v) is 44.2. The van der Waals surface area contributed by atoms with Crippen LogP contribution >= 0.6 is 0 Å². The molecule has 0 bridgehead atoms. The summed E-state index contributed by atoms with van der Waals surface area (Å²) in [6.07, 6.45) is 70.5. The maximum atomic E-state index is 12.8. The monoisotopic (exact) mass is 935 g/mol. The molecule has 0 saturated carbocycles. The summed E-state index contributed by atoms with van der Waals surface area (Å²) >= 11 is 0. The minimum absolute atomic E-state index is 0.0972.